The van der Waals surface area contributed by atoms with Gasteiger partial charge in [0.05, 0.1) is 5.70 Å². The van der Waals surface area contributed by atoms with Gasteiger partial charge in [0.2, 0.25) is 0 Å². The first-order chi connectivity index (χ1) is 12.8. The van der Waals surface area contributed by atoms with E-state index in [1.807, 2.05) is 66.7 Å². The number of nitrogens with one attached hydrogen (secondary N) is 1. The third-order valence-electron chi connectivity index (χ3n) is 4.23. The van der Waals surface area contributed by atoms with Gasteiger partial charge < -0.3 is 4.74 Å². The predicted octanol–water partition coefficient (Wildman–Crippen LogP) is 5.54. The highest BCUT2D eigenvalue weighted by Crippen LogP contribution is 2.29. The Bertz CT molecular complexity index is 890. The van der Waals surface area contributed by atoms with E-state index in [-0.39, 0.29) is 6.10 Å². The first kappa shape index (κ1) is 16.7. The Balaban J connectivity index is 1.42. The van der Waals surface area contributed by atoms with Gasteiger partial charge in [-0.1, -0.05) is 54.1 Å². The highest BCUT2D eigenvalue weighted by Gasteiger charge is 2.19. The van der Waals surface area contributed by atoms with Crippen molar-refractivity contribution < 1.29 is 9.57 Å². The average Bonchev–Trinajstić information content (AvgIpc) is 3.18. The van der Waals surface area contributed by atoms with Gasteiger partial charge >= 0.3 is 0 Å². The zero-order valence-corrected chi connectivity index (χ0v) is 14.8. The average molecular weight is 364 g/mol. The van der Waals surface area contributed by atoms with Crippen LogP contribution in [0, 0.1) is 0 Å². The SMILES string of the molecule is Clc1ccc([C@H]2C=C(c3ccc(OCc4ccccc4)cc3)NO2)cc1. The molecular formula is C22H18ClNO2. The van der Waals surface area contributed by atoms with Gasteiger partial charge in [-0.2, -0.15) is 0 Å². The van der Waals surface area contributed by atoms with E-state index in [9.17, 15) is 0 Å². The van der Waals surface area contributed by atoms with E-state index in [1.54, 1.807) is 0 Å². The molecular weight excluding hydrogens is 346 g/mol. The molecule has 3 nitrogen and oxygen atoms in total. The number of hydrogen-bond donors (Lipinski definition) is 1. The summed E-state index contributed by atoms with van der Waals surface area (Å²) in [5.41, 5.74) is 7.20. The topological polar surface area (TPSA) is 30.5 Å². The summed E-state index contributed by atoms with van der Waals surface area (Å²) in [6.45, 7) is 0.558. The van der Waals surface area contributed by atoms with Crippen molar-refractivity contribution >= 4 is 17.3 Å². The first-order valence-corrected chi connectivity index (χ1v) is 8.82. The lowest BCUT2D eigenvalue weighted by Crippen LogP contribution is -2.07. The van der Waals surface area contributed by atoms with Crippen molar-refractivity contribution in [1.29, 1.82) is 0 Å². The van der Waals surface area contributed by atoms with Crippen molar-refractivity contribution in [2.45, 2.75) is 12.7 Å². The van der Waals surface area contributed by atoms with E-state index in [0.29, 0.717) is 6.61 Å². The normalized spacial score (nSPS) is 16.0. The van der Waals surface area contributed by atoms with Gasteiger partial charge in [-0.15, -0.1) is 0 Å². The lowest BCUT2D eigenvalue weighted by molar-refractivity contribution is 0.0511. The molecule has 0 bridgehead atoms. The fourth-order valence-corrected chi connectivity index (χ4v) is 2.92. The lowest BCUT2D eigenvalue weighted by Gasteiger charge is -2.08. The molecule has 0 amide bonds. The number of hydroxylamine groups is 1. The fraction of sp³-hybridized carbons (Fsp3) is 0.0909. The maximum absolute atomic E-state index is 5.94. The number of benzene rings is 3. The summed E-state index contributed by atoms with van der Waals surface area (Å²) in [5.74, 6) is 0.839. The van der Waals surface area contributed by atoms with Crippen LogP contribution >= 0.6 is 11.6 Å². The van der Waals surface area contributed by atoms with Crippen molar-refractivity contribution in [1.82, 2.24) is 5.48 Å². The Kier molecular flexibility index (Phi) is 4.91. The minimum atomic E-state index is -0.128. The largest absolute Gasteiger partial charge is 0.489 e. The molecule has 1 heterocycles. The molecule has 0 unspecified atom stereocenters. The minimum Gasteiger partial charge on any atom is -0.489 e. The number of rotatable bonds is 5. The number of halogens is 1. The van der Waals surface area contributed by atoms with E-state index < -0.39 is 0 Å². The van der Waals surface area contributed by atoms with E-state index >= 15 is 0 Å². The Morgan fingerprint density at radius 1 is 0.885 bits per heavy atom. The molecule has 1 aliphatic rings. The Morgan fingerprint density at radius 3 is 2.35 bits per heavy atom. The Morgan fingerprint density at radius 2 is 1.62 bits per heavy atom. The zero-order chi connectivity index (χ0) is 17.8. The summed E-state index contributed by atoms with van der Waals surface area (Å²) < 4.78 is 5.83. The number of ether oxygens (including phenoxy) is 1. The molecule has 0 saturated heterocycles. The van der Waals surface area contributed by atoms with Gasteiger partial charge in [-0.3, -0.25) is 10.3 Å². The molecule has 0 spiro atoms. The molecule has 130 valence electrons. The summed E-state index contributed by atoms with van der Waals surface area (Å²) in [6, 6.07) is 25.8. The van der Waals surface area contributed by atoms with Crippen molar-refractivity contribution in [3.8, 4) is 5.75 Å². The lowest BCUT2D eigenvalue weighted by atomic mass is 10.1. The van der Waals surface area contributed by atoms with Crippen LogP contribution in [0.25, 0.3) is 5.70 Å². The maximum atomic E-state index is 5.94. The molecule has 0 aromatic heterocycles. The summed E-state index contributed by atoms with van der Waals surface area (Å²) >= 11 is 5.94. The van der Waals surface area contributed by atoms with E-state index in [1.165, 1.54) is 0 Å². The van der Waals surface area contributed by atoms with Crippen LogP contribution in [0.5, 0.6) is 5.75 Å². The summed E-state index contributed by atoms with van der Waals surface area (Å²) in [4.78, 5) is 5.66. The highest BCUT2D eigenvalue weighted by atomic mass is 35.5. The van der Waals surface area contributed by atoms with Gasteiger partial charge in [-0.25, -0.2) is 0 Å². The monoisotopic (exact) mass is 363 g/mol. The molecule has 1 aliphatic heterocycles. The standard InChI is InChI=1S/C22H18ClNO2/c23-19-10-6-18(7-11-19)22-14-21(24-26-22)17-8-12-20(13-9-17)25-15-16-4-2-1-3-5-16/h1-14,22,24H,15H2/t22-/m1/s1. The molecule has 0 saturated carbocycles. The molecule has 26 heavy (non-hydrogen) atoms. The van der Waals surface area contributed by atoms with E-state index in [4.69, 9.17) is 21.2 Å². The minimum absolute atomic E-state index is 0.128. The molecule has 4 rings (SSSR count). The van der Waals surface area contributed by atoms with Crippen LogP contribution in [0.1, 0.15) is 22.8 Å². The summed E-state index contributed by atoms with van der Waals surface area (Å²) in [6.07, 6.45) is 1.93. The second-order valence-corrected chi connectivity index (χ2v) is 6.51. The summed E-state index contributed by atoms with van der Waals surface area (Å²) in [5, 5.41) is 0.718. The second-order valence-electron chi connectivity index (χ2n) is 6.07. The molecule has 3 aromatic rings. The van der Waals surface area contributed by atoms with Crippen LogP contribution in [-0.4, -0.2) is 0 Å². The second kappa shape index (κ2) is 7.65. The van der Waals surface area contributed by atoms with Gasteiger partial charge in [-0.05, 0) is 59.2 Å². The highest BCUT2D eigenvalue weighted by molar-refractivity contribution is 6.30. The Hall–Kier alpha value is -2.75. The van der Waals surface area contributed by atoms with Crippen LogP contribution < -0.4 is 10.2 Å². The zero-order valence-electron chi connectivity index (χ0n) is 14.1. The van der Waals surface area contributed by atoms with Crippen LogP contribution in [0.4, 0.5) is 0 Å². The van der Waals surface area contributed by atoms with Crippen molar-refractivity contribution in [2.24, 2.45) is 0 Å². The van der Waals surface area contributed by atoms with Crippen molar-refractivity contribution in [2.75, 3.05) is 0 Å². The van der Waals surface area contributed by atoms with Gasteiger partial charge in [0.15, 0.2) is 0 Å². The first-order valence-electron chi connectivity index (χ1n) is 8.44. The fourth-order valence-electron chi connectivity index (χ4n) is 2.79. The molecule has 4 heteroatoms. The summed E-state index contributed by atoms with van der Waals surface area (Å²) in [7, 11) is 0. The van der Waals surface area contributed by atoms with Gasteiger partial charge in [0, 0.05) is 5.02 Å². The third kappa shape index (κ3) is 3.90. The van der Waals surface area contributed by atoms with Crippen molar-refractivity contribution in [3.05, 3.63) is 107 Å². The van der Waals surface area contributed by atoms with E-state index in [2.05, 4.69) is 23.7 Å². The van der Waals surface area contributed by atoms with Gasteiger partial charge in [0.1, 0.15) is 18.5 Å². The van der Waals surface area contributed by atoms with E-state index in [0.717, 1.165) is 33.2 Å². The smallest absolute Gasteiger partial charge is 0.131 e. The molecule has 0 aliphatic carbocycles. The molecule has 0 radical (unpaired) electrons. The molecule has 1 atom stereocenters. The molecule has 1 N–H and O–H groups in total. The van der Waals surface area contributed by atoms with Crippen LogP contribution in [0.2, 0.25) is 5.02 Å². The molecule has 3 aromatic carbocycles. The Labute approximate surface area is 157 Å². The third-order valence-corrected chi connectivity index (χ3v) is 4.48. The van der Waals surface area contributed by atoms with Crippen LogP contribution in [0.3, 0.4) is 0 Å². The molecule has 0 fully saturated rings. The number of hydrogen-bond acceptors (Lipinski definition) is 3. The quantitative estimate of drug-likeness (QED) is 0.646. The van der Waals surface area contributed by atoms with Gasteiger partial charge in [0.25, 0.3) is 0 Å². The predicted molar refractivity (Wildman–Crippen MR) is 104 cm³/mol. The van der Waals surface area contributed by atoms with Crippen molar-refractivity contribution in [3.63, 3.8) is 0 Å². The van der Waals surface area contributed by atoms with Crippen LogP contribution in [-0.2, 0) is 11.4 Å². The maximum Gasteiger partial charge on any atom is 0.131 e. The van der Waals surface area contributed by atoms with Crippen LogP contribution in [0.15, 0.2) is 84.9 Å².